The summed E-state index contributed by atoms with van der Waals surface area (Å²) >= 11 is 1.54. The topological polar surface area (TPSA) is 98.7 Å². The van der Waals surface area contributed by atoms with E-state index in [9.17, 15) is 19.5 Å². The Hall–Kier alpha value is -4.14. The van der Waals surface area contributed by atoms with Gasteiger partial charge in [-0.1, -0.05) is 105 Å². The maximum Gasteiger partial charge on any atom is 0.326 e. The van der Waals surface area contributed by atoms with Gasteiger partial charge in [-0.05, 0) is 63.9 Å². The number of amides is 2. The van der Waals surface area contributed by atoms with Gasteiger partial charge in [-0.15, -0.1) is 0 Å². The van der Waals surface area contributed by atoms with Gasteiger partial charge in [-0.25, -0.2) is 4.79 Å². The summed E-state index contributed by atoms with van der Waals surface area (Å²) in [5.41, 5.74) is 3.75. The molecule has 45 heavy (non-hydrogen) atoms. The largest absolute Gasteiger partial charge is 0.480 e. The van der Waals surface area contributed by atoms with Crippen molar-refractivity contribution in [3.8, 4) is 11.1 Å². The molecule has 0 saturated heterocycles. The molecule has 0 fully saturated rings. The Morgan fingerprint density at radius 2 is 1.51 bits per heavy atom. The normalized spacial score (nSPS) is 13.2. The van der Waals surface area contributed by atoms with E-state index in [4.69, 9.17) is 0 Å². The summed E-state index contributed by atoms with van der Waals surface area (Å²) in [4.78, 5) is 40.6. The average molecular weight is 626 g/mol. The molecule has 0 heterocycles. The Balaban J connectivity index is 1.55. The maximum absolute atomic E-state index is 13.5. The molecule has 236 valence electrons. The van der Waals surface area contributed by atoms with Gasteiger partial charge in [-0.2, -0.15) is 11.8 Å². The van der Waals surface area contributed by atoms with Gasteiger partial charge in [-0.3, -0.25) is 14.5 Å². The molecule has 7 nitrogen and oxygen atoms in total. The zero-order valence-corrected chi connectivity index (χ0v) is 27.1. The molecular formula is C37H43N3O4S. The fourth-order valence-electron chi connectivity index (χ4n) is 5.42. The van der Waals surface area contributed by atoms with E-state index < -0.39 is 12.0 Å². The standard InChI is InChI=1S/C37H43N3O4S/c1-4-26(2)34(39-36(42)30-19-17-28(18-20-30)27-11-6-5-7-12-27)24-40(25-35(41)38-33(37(43)44)21-22-45-3)23-31-15-10-14-29-13-8-9-16-32(29)31/h5-20,26,33-34H,4,21-25H2,1-3H3,(H,38,41)(H,39,42)(H,43,44)/t26-,33-,34+/m0/s1. The first-order valence-corrected chi connectivity index (χ1v) is 16.8. The van der Waals surface area contributed by atoms with E-state index in [1.54, 1.807) is 11.8 Å². The number of carbonyl (C=O) groups is 3. The number of fused-ring (bicyclic) bond motifs is 1. The van der Waals surface area contributed by atoms with Crippen molar-refractivity contribution in [2.75, 3.05) is 25.1 Å². The van der Waals surface area contributed by atoms with Crippen LogP contribution in [0.25, 0.3) is 21.9 Å². The summed E-state index contributed by atoms with van der Waals surface area (Å²) in [6, 6.07) is 30.7. The van der Waals surface area contributed by atoms with Crippen LogP contribution >= 0.6 is 11.8 Å². The minimum absolute atomic E-state index is 0.000840. The van der Waals surface area contributed by atoms with Crippen LogP contribution in [-0.2, 0) is 16.1 Å². The fourth-order valence-corrected chi connectivity index (χ4v) is 5.89. The molecule has 2 amide bonds. The lowest BCUT2D eigenvalue weighted by Crippen LogP contribution is -2.51. The second-order valence-electron chi connectivity index (χ2n) is 11.5. The number of thioether (sulfide) groups is 1. The highest BCUT2D eigenvalue weighted by atomic mass is 32.2. The van der Waals surface area contributed by atoms with Crippen LogP contribution in [0.4, 0.5) is 0 Å². The van der Waals surface area contributed by atoms with Gasteiger partial charge in [0.05, 0.1) is 6.54 Å². The number of nitrogens with one attached hydrogen (secondary N) is 2. The molecule has 0 aliphatic heterocycles. The Morgan fingerprint density at radius 3 is 2.20 bits per heavy atom. The van der Waals surface area contributed by atoms with Crippen molar-refractivity contribution >= 4 is 40.3 Å². The molecule has 0 unspecified atom stereocenters. The number of hydrogen-bond donors (Lipinski definition) is 3. The van der Waals surface area contributed by atoms with Crippen molar-refractivity contribution in [1.82, 2.24) is 15.5 Å². The fraction of sp³-hybridized carbons (Fsp3) is 0.324. The van der Waals surface area contributed by atoms with Gasteiger partial charge in [0.15, 0.2) is 0 Å². The summed E-state index contributed by atoms with van der Waals surface area (Å²) < 4.78 is 0. The number of carbonyl (C=O) groups excluding carboxylic acids is 2. The molecular weight excluding hydrogens is 582 g/mol. The van der Waals surface area contributed by atoms with Crippen LogP contribution in [0.2, 0.25) is 0 Å². The van der Waals surface area contributed by atoms with E-state index in [0.29, 0.717) is 30.8 Å². The molecule has 0 spiro atoms. The highest BCUT2D eigenvalue weighted by Gasteiger charge is 2.26. The van der Waals surface area contributed by atoms with Crippen LogP contribution in [0.3, 0.4) is 0 Å². The molecule has 0 aliphatic carbocycles. The molecule has 4 aromatic carbocycles. The minimum Gasteiger partial charge on any atom is -0.480 e. The van der Waals surface area contributed by atoms with E-state index in [1.807, 2.05) is 84.0 Å². The highest BCUT2D eigenvalue weighted by molar-refractivity contribution is 7.98. The van der Waals surface area contributed by atoms with Crippen molar-refractivity contribution in [1.29, 1.82) is 0 Å². The summed E-state index contributed by atoms with van der Waals surface area (Å²) in [7, 11) is 0. The smallest absolute Gasteiger partial charge is 0.326 e. The molecule has 0 aliphatic rings. The SMILES string of the molecule is CC[C@H](C)[C@@H](CN(CC(=O)N[C@@H](CCSC)C(=O)O)Cc1cccc2ccccc12)NC(=O)c1ccc(-c2ccccc2)cc1. The average Bonchev–Trinajstić information content (AvgIpc) is 3.06. The van der Waals surface area contributed by atoms with Gasteiger partial charge >= 0.3 is 5.97 Å². The third-order valence-electron chi connectivity index (χ3n) is 8.24. The first-order valence-electron chi connectivity index (χ1n) is 15.5. The first-order chi connectivity index (χ1) is 21.8. The van der Waals surface area contributed by atoms with Crippen molar-refractivity contribution in [2.45, 2.75) is 45.3 Å². The van der Waals surface area contributed by atoms with E-state index in [0.717, 1.165) is 33.9 Å². The van der Waals surface area contributed by atoms with E-state index in [1.165, 1.54) is 0 Å². The van der Waals surface area contributed by atoms with E-state index in [2.05, 4.69) is 48.7 Å². The van der Waals surface area contributed by atoms with Crippen molar-refractivity contribution in [3.05, 3.63) is 108 Å². The van der Waals surface area contributed by atoms with Crippen LogP contribution in [0.5, 0.6) is 0 Å². The third kappa shape index (κ3) is 9.67. The monoisotopic (exact) mass is 625 g/mol. The van der Waals surface area contributed by atoms with Gasteiger partial charge in [0, 0.05) is 24.7 Å². The maximum atomic E-state index is 13.5. The quantitative estimate of drug-likeness (QED) is 0.132. The second-order valence-corrected chi connectivity index (χ2v) is 12.4. The molecule has 4 rings (SSSR count). The molecule has 0 radical (unpaired) electrons. The number of carboxylic acids is 1. The zero-order valence-electron chi connectivity index (χ0n) is 26.2. The lowest BCUT2D eigenvalue weighted by molar-refractivity contribution is -0.142. The number of benzene rings is 4. The lowest BCUT2D eigenvalue weighted by Gasteiger charge is -2.31. The molecule has 0 bridgehead atoms. The Kier molecular flexibility index (Phi) is 12.6. The predicted octanol–water partition coefficient (Wildman–Crippen LogP) is 6.48. The van der Waals surface area contributed by atoms with Gasteiger partial charge in [0.25, 0.3) is 5.91 Å². The number of rotatable bonds is 16. The molecule has 3 atom stereocenters. The van der Waals surface area contributed by atoms with Crippen LogP contribution in [0, 0.1) is 5.92 Å². The van der Waals surface area contributed by atoms with E-state index in [-0.39, 0.29) is 30.3 Å². The number of aliphatic carboxylic acids is 1. The minimum atomic E-state index is -1.04. The number of carboxylic acid groups (broad SMARTS) is 1. The molecule has 4 aromatic rings. The van der Waals surface area contributed by atoms with Crippen molar-refractivity contribution in [2.24, 2.45) is 5.92 Å². The van der Waals surface area contributed by atoms with Gasteiger partial charge in [0.2, 0.25) is 5.91 Å². The van der Waals surface area contributed by atoms with Crippen LogP contribution in [-0.4, -0.2) is 65.0 Å². The first kappa shape index (κ1) is 33.7. The molecule has 0 saturated carbocycles. The second kappa shape index (κ2) is 16.8. The highest BCUT2D eigenvalue weighted by Crippen LogP contribution is 2.22. The third-order valence-corrected chi connectivity index (χ3v) is 8.89. The van der Waals surface area contributed by atoms with Crippen molar-refractivity contribution < 1.29 is 19.5 Å². The Morgan fingerprint density at radius 1 is 0.844 bits per heavy atom. The van der Waals surface area contributed by atoms with Gasteiger partial charge < -0.3 is 15.7 Å². The van der Waals surface area contributed by atoms with Crippen LogP contribution in [0.1, 0.15) is 42.6 Å². The summed E-state index contributed by atoms with van der Waals surface area (Å²) in [6.07, 6.45) is 3.09. The Labute approximate surface area is 270 Å². The molecule has 3 N–H and O–H groups in total. The van der Waals surface area contributed by atoms with Crippen LogP contribution < -0.4 is 10.6 Å². The van der Waals surface area contributed by atoms with Crippen LogP contribution in [0.15, 0.2) is 97.1 Å². The summed E-state index contributed by atoms with van der Waals surface area (Å²) in [5, 5.41) is 17.9. The summed E-state index contributed by atoms with van der Waals surface area (Å²) in [5.74, 6) is -0.803. The molecule has 8 heteroatoms. The zero-order chi connectivity index (χ0) is 32.2. The number of nitrogens with zero attached hydrogens (tertiary/aromatic N) is 1. The number of hydrogen-bond acceptors (Lipinski definition) is 5. The molecule has 0 aromatic heterocycles. The Bertz CT molecular complexity index is 1560. The van der Waals surface area contributed by atoms with E-state index >= 15 is 0 Å². The summed E-state index contributed by atoms with van der Waals surface area (Å²) in [6.45, 7) is 5.07. The predicted molar refractivity (Wildman–Crippen MR) is 184 cm³/mol. The van der Waals surface area contributed by atoms with Gasteiger partial charge in [0.1, 0.15) is 6.04 Å². The van der Waals surface area contributed by atoms with Crippen molar-refractivity contribution in [3.63, 3.8) is 0 Å². The lowest BCUT2D eigenvalue weighted by atomic mass is 9.97.